The Labute approximate surface area is 90.0 Å². The molecule has 2 heteroatoms. The Kier molecular flexibility index (Phi) is 1.50. The molecule has 80 valence electrons. The van der Waals surface area contributed by atoms with E-state index in [9.17, 15) is 0 Å². The fourth-order valence-electron chi connectivity index (χ4n) is 4.30. The molecule has 1 aromatic rings. The lowest BCUT2D eigenvalue weighted by Gasteiger charge is -2.41. The van der Waals surface area contributed by atoms with Gasteiger partial charge in [0.2, 0.25) is 0 Å². The van der Waals surface area contributed by atoms with Crippen LogP contribution in [0.4, 0.5) is 0 Å². The van der Waals surface area contributed by atoms with Gasteiger partial charge >= 0.3 is 0 Å². The summed E-state index contributed by atoms with van der Waals surface area (Å²) in [5.74, 6) is 3.10. The maximum atomic E-state index is 5.61. The minimum Gasteiger partial charge on any atom is -0.469 e. The van der Waals surface area contributed by atoms with E-state index in [-0.39, 0.29) is 0 Å². The third-order valence-corrected chi connectivity index (χ3v) is 4.87. The molecule has 4 rings (SSSR count). The molecule has 1 N–H and O–H groups in total. The third kappa shape index (κ3) is 0.938. The van der Waals surface area contributed by atoms with E-state index in [1.165, 1.54) is 37.0 Å². The van der Waals surface area contributed by atoms with Crippen LogP contribution in [0, 0.1) is 11.8 Å². The molecule has 3 atom stereocenters. The average Bonchev–Trinajstić information content (AvgIpc) is 2.89. The molecule has 0 saturated heterocycles. The summed E-state index contributed by atoms with van der Waals surface area (Å²) in [4.78, 5) is 0. The van der Waals surface area contributed by atoms with Crippen LogP contribution in [0.3, 0.4) is 0 Å². The van der Waals surface area contributed by atoms with E-state index in [4.69, 9.17) is 4.42 Å². The van der Waals surface area contributed by atoms with E-state index in [0.29, 0.717) is 5.54 Å². The summed E-state index contributed by atoms with van der Waals surface area (Å²) >= 11 is 0. The van der Waals surface area contributed by atoms with Crippen LogP contribution in [0.15, 0.2) is 16.7 Å². The van der Waals surface area contributed by atoms with Crippen molar-refractivity contribution in [1.82, 2.24) is 5.32 Å². The highest BCUT2D eigenvalue weighted by atomic mass is 16.3. The van der Waals surface area contributed by atoms with Crippen LogP contribution in [0.25, 0.3) is 0 Å². The summed E-state index contributed by atoms with van der Waals surface area (Å²) in [6.45, 7) is 1.10. The van der Waals surface area contributed by atoms with Gasteiger partial charge in [0, 0.05) is 18.5 Å². The predicted molar refractivity (Wildman–Crippen MR) is 57.5 cm³/mol. The molecule has 2 heterocycles. The Bertz CT molecular complexity index is 397. The van der Waals surface area contributed by atoms with Gasteiger partial charge in [0.05, 0.1) is 11.8 Å². The third-order valence-electron chi connectivity index (χ3n) is 4.87. The summed E-state index contributed by atoms with van der Waals surface area (Å²) in [5, 5.41) is 3.81. The molecular formula is C13H17NO. The molecule has 0 aromatic carbocycles. The van der Waals surface area contributed by atoms with Crippen LogP contribution in [-0.4, -0.2) is 6.54 Å². The fraction of sp³-hybridized carbons (Fsp3) is 0.692. The number of hydrogen-bond acceptors (Lipinski definition) is 2. The van der Waals surface area contributed by atoms with Crippen LogP contribution in [0.1, 0.15) is 37.0 Å². The minimum absolute atomic E-state index is 0.309. The SMILES string of the molecule is c1cc2c(o1)CCNC21CC2CCC1C2. The predicted octanol–water partition coefficient (Wildman–Crippen LogP) is 2.44. The lowest BCUT2D eigenvalue weighted by Crippen LogP contribution is -2.50. The van der Waals surface area contributed by atoms with Gasteiger partial charge in [0.1, 0.15) is 5.76 Å². The topological polar surface area (TPSA) is 25.2 Å². The van der Waals surface area contributed by atoms with E-state index in [1.54, 1.807) is 0 Å². The van der Waals surface area contributed by atoms with Gasteiger partial charge in [0.15, 0.2) is 0 Å². The molecule has 3 aliphatic rings. The van der Waals surface area contributed by atoms with E-state index < -0.39 is 0 Å². The number of rotatable bonds is 0. The fourth-order valence-corrected chi connectivity index (χ4v) is 4.30. The van der Waals surface area contributed by atoms with Crippen LogP contribution in [0.2, 0.25) is 0 Å². The Morgan fingerprint density at radius 3 is 3.20 bits per heavy atom. The standard InChI is InChI=1S/C13H17NO/c1-2-10-7-9(1)8-13(10)11-4-6-15-12(11)3-5-14-13/h4,6,9-10,14H,1-3,5,7-8H2. The number of hydrogen-bond donors (Lipinski definition) is 1. The maximum absolute atomic E-state index is 5.61. The highest BCUT2D eigenvalue weighted by Gasteiger charge is 2.53. The molecule has 0 radical (unpaired) electrons. The van der Waals surface area contributed by atoms with Gasteiger partial charge in [-0.2, -0.15) is 0 Å². The molecule has 2 bridgehead atoms. The molecule has 1 spiro atoms. The first-order chi connectivity index (χ1) is 7.38. The molecule has 2 fully saturated rings. The Hall–Kier alpha value is -0.760. The van der Waals surface area contributed by atoms with Crippen molar-refractivity contribution in [3.63, 3.8) is 0 Å². The van der Waals surface area contributed by atoms with E-state index in [1.807, 2.05) is 6.26 Å². The molecule has 2 aliphatic carbocycles. The highest BCUT2D eigenvalue weighted by Crippen LogP contribution is 2.56. The first-order valence-corrected chi connectivity index (χ1v) is 6.20. The van der Waals surface area contributed by atoms with Gasteiger partial charge in [-0.05, 0) is 37.2 Å². The Morgan fingerprint density at radius 1 is 1.40 bits per heavy atom. The van der Waals surface area contributed by atoms with Gasteiger partial charge < -0.3 is 9.73 Å². The van der Waals surface area contributed by atoms with Gasteiger partial charge in [-0.15, -0.1) is 0 Å². The Morgan fingerprint density at radius 2 is 2.40 bits per heavy atom. The van der Waals surface area contributed by atoms with Gasteiger partial charge in [-0.1, -0.05) is 6.42 Å². The molecule has 1 aromatic heterocycles. The summed E-state index contributed by atoms with van der Waals surface area (Å²) in [6, 6.07) is 2.21. The zero-order chi connectivity index (χ0) is 9.88. The first-order valence-electron chi connectivity index (χ1n) is 6.20. The lowest BCUT2D eigenvalue weighted by atomic mass is 9.74. The molecule has 3 unspecified atom stereocenters. The van der Waals surface area contributed by atoms with Crippen molar-refractivity contribution in [2.75, 3.05) is 6.54 Å². The average molecular weight is 203 g/mol. The summed E-state index contributed by atoms with van der Waals surface area (Å²) in [6.07, 6.45) is 8.62. The largest absolute Gasteiger partial charge is 0.469 e. The van der Waals surface area contributed by atoms with Crippen molar-refractivity contribution in [3.05, 3.63) is 23.7 Å². The van der Waals surface area contributed by atoms with Crippen LogP contribution in [0.5, 0.6) is 0 Å². The first kappa shape index (κ1) is 8.40. The van der Waals surface area contributed by atoms with Crippen molar-refractivity contribution in [1.29, 1.82) is 0 Å². The quantitative estimate of drug-likeness (QED) is 0.700. The highest BCUT2D eigenvalue weighted by molar-refractivity contribution is 5.33. The normalized spacial score (nSPS) is 42.4. The van der Waals surface area contributed by atoms with Crippen molar-refractivity contribution in [2.45, 2.75) is 37.6 Å². The van der Waals surface area contributed by atoms with Crippen molar-refractivity contribution < 1.29 is 4.42 Å². The minimum atomic E-state index is 0.309. The lowest BCUT2D eigenvalue weighted by molar-refractivity contribution is 0.193. The monoisotopic (exact) mass is 203 g/mol. The van der Waals surface area contributed by atoms with E-state index in [0.717, 1.165) is 24.8 Å². The maximum Gasteiger partial charge on any atom is 0.110 e. The summed E-state index contributed by atoms with van der Waals surface area (Å²) < 4.78 is 5.61. The smallest absolute Gasteiger partial charge is 0.110 e. The molecule has 15 heavy (non-hydrogen) atoms. The molecule has 1 aliphatic heterocycles. The Balaban J connectivity index is 1.85. The number of furan rings is 1. The summed E-state index contributed by atoms with van der Waals surface area (Å²) in [5.41, 5.74) is 1.80. The zero-order valence-electron chi connectivity index (χ0n) is 8.96. The van der Waals surface area contributed by atoms with Crippen LogP contribution in [-0.2, 0) is 12.0 Å². The second-order valence-corrected chi connectivity index (χ2v) is 5.49. The van der Waals surface area contributed by atoms with Crippen LogP contribution >= 0.6 is 0 Å². The van der Waals surface area contributed by atoms with Crippen molar-refractivity contribution >= 4 is 0 Å². The van der Waals surface area contributed by atoms with E-state index >= 15 is 0 Å². The molecule has 0 amide bonds. The zero-order valence-corrected chi connectivity index (χ0v) is 8.96. The van der Waals surface area contributed by atoms with Gasteiger partial charge in [-0.25, -0.2) is 0 Å². The van der Waals surface area contributed by atoms with Gasteiger partial charge in [0.25, 0.3) is 0 Å². The van der Waals surface area contributed by atoms with Crippen molar-refractivity contribution in [2.24, 2.45) is 11.8 Å². The van der Waals surface area contributed by atoms with Crippen LogP contribution < -0.4 is 5.32 Å². The van der Waals surface area contributed by atoms with Gasteiger partial charge in [-0.3, -0.25) is 0 Å². The van der Waals surface area contributed by atoms with E-state index in [2.05, 4.69) is 11.4 Å². The second kappa shape index (κ2) is 2.67. The molecule has 2 saturated carbocycles. The second-order valence-electron chi connectivity index (χ2n) is 5.49. The molecular weight excluding hydrogens is 186 g/mol. The van der Waals surface area contributed by atoms with Crippen molar-refractivity contribution in [3.8, 4) is 0 Å². The number of fused-ring (bicyclic) bond motifs is 5. The number of nitrogens with one attached hydrogen (secondary N) is 1. The molecule has 2 nitrogen and oxygen atoms in total. The summed E-state index contributed by atoms with van der Waals surface area (Å²) in [7, 11) is 0.